The molecule has 0 saturated carbocycles. The van der Waals surface area contributed by atoms with Crippen molar-refractivity contribution in [3.63, 3.8) is 0 Å². The van der Waals surface area contributed by atoms with Crippen LogP contribution in [0.25, 0.3) is 11.1 Å². The molecule has 4 rings (SSSR count). The molecular formula is C21H23N3O4S. The van der Waals surface area contributed by atoms with E-state index in [0.717, 1.165) is 5.52 Å². The van der Waals surface area contributed by atoms with E-state index in [0.29, 0.717) is 30.9 Å². The molecule has 3 aromatic rings. The van der Waals surface area contributed by atoms with E-state index >= 15 is 0 Å². The van der Waals surface area contributed by atoms with Gasteiger partial charge in [0.15, 0.2) is 5.58 Å². The second-order valence-electron chi connectivity index (χ2n) is 7.27. The zero-order chi connectivity index (χ0) is 20.4. The molecule has 0 aliphatic carbocycles. The van der Waals surface area contributed by atoms with Crippen LogP contribution in [0.15, 0.2) is 63.9 Å². The SMILES string of the molecule is CC(NC(=O)C1CCCN(S(=O)(=O)c2ccccc2)C1)c1nc2ccccc2o1. The summed E-state index contributed by atoms with van der Waals surface area (Å²) in [6, 6.07) is 15.3. The van der Waals surface area contributed by atoms with Gasteiger partial charge in [0.1, 0.15) is 11.6 Å². The third-order valence-corrected chi connectivity index (χ3v) is 7.05. The van der Waals surface area contributed by atoms with Crippen molar-refractivity contribution >= 4 is 27.0 Å². The first-order valence-electron chi connectivity index (χ1n) is 9.66. The Hall–Kier alpha value is -2.71. The van der Waals surface area contributed by atoms with Crippen LogP contribution in [0.3, 0.4) is 0 Å². The Kier molecular flexibility index (Phi) is 5.38. The van der Waals surface area contributed by atoms with Crippen molar-refractivity contribution in [1.82, 2.24) is 14.6 Å². The number of carbonyl (C=O) groups excluding carboxylic acids is 1. The first-order chi connectivity index (χ1) is 13.9. The van der Waals surface area contributed by atoms with Gasteiger partial charge in [-0.25, -0.2) is 13.4 Å². The van der Waals surface area contributed by atoms with Crippen LogP contribution in [0.1, 0.15) is 31.7 Å². The number of hydrogen-bond donors (Lipinski definition) is 1. The monoisotopic (exact) mass is 413 g/mol. The highest BCUT2D eigenvalue weighted by Crippen LogP contribution is 2.25. The molecule has 29 heavy (non-hydrogen) atoms. The lowest BCUT2D eigenvalue weighted by atomic mass is 9.98. The van der Waals surface area contributed by atoms with Crippen molar-refractivity contribution in [2.75, 3.05) is 13.1 Å². The number of hydrogen-bond acceptors (Lipinski definition) is 5. The molecule has 1 aliphatic heterocycles. The number of amides is 1. The number of piperidine rings is 1. The maximum Gasteiger partial charge on any atom is 0.243 e. The van der Waals surface area contributed by atoms with E-state index in [1.807, 2.05) is 31.2 Å². The minimum atomic E-state index is -3.60. The first kappa shape index (κ1) is 19.6. The van der Waals surface area contributed by atoms with Crippen molar-refractivity contribution in [3.8, 4) is 0 Å². The lowest BCUT2D eigenvalue weighted by Gasteiger charge is -2.31. The van der Waals surface area contributed by atoms with Crippen LogP contribution in [0.4, 0.5) is 0 Å². The molecule has 2 unspecified atom stereocenters. The van der Waals surface area contributed by atoms with Crippen LogP contribution in [0.5, 0.6) is 0 Å². The molecule has 7 nitrogen and oxygen atoms in total. The molecule has 2 heterocycles. The number of aromatic nitrogens is 1. The van der Waals surface area contributed by atoms with Crippen LogP contribution >= 0.6 is 0 Å². The van der Waals surface area contributed by atoms with Gasteiger partial charge in [0.2, 0.25) is 21.8 Å². The van der Waals surface area contributed by atoms with Gasteiger partial charge in [0.25, 0.3) is 0 Å². The lowest BCUT2D eigenvalue weighted by Crippen LogP contribution is -2.45. The quantitative estimate of drug-likeness (QED) is 0.694. The largest absolute Gasteiger partial charge is 0.438 e. The maximum atomic E-state index is 12.9. The van der Waals surface area contributed by atoms with Gasteiger partial charge < -0.3 is 9.73 Å². The van der Waals surface area contributed by atoms with Crippen molar-refractivity contribution in [1.29, 1.82) is 0 Å². The molecule has 0 bridgehead atoms. The van der Waals surface area contributed by atoms with Crippen LogP contribution in [-0.2, 0) is 14.8 Å². The molecule has 8 heteroatoms. The van der Waals surface area contributed by atoms with Gasteiger partial charge in [-0.3, -0.25) is 4.79 Å². The Bertz CT molecular complexity index is 1080. The molecule has 2 aromatic carbocycles. The average Bonchev–Trinajstić information content (AvgIpc) is 3.19. The van der Waals surface area contributed by atoms with Gasteiger partial charge >= 0.3 is 0 Å². The molecule has 1 saturated heterocycles. The number of fused-ring (bicyclic) bond motifs is 1. The zero-order valence-electron chi connectivity index (χ0n) is 16.1. The van der Waals surface area contributed by atoms with Gasteiger partial charge in [-0.1, -0.05) is 30.3 Å². The Balaban J connectivity index is 1.44. The Labute approximate surface area is 169 Å². The number of carbonyl (C=O) groups is 1. The molecule has 1 N–H and O–H groups in total. The number of para-hydroxylation sites is 2. The van der Waals surface area contributed by atoms with Crippen LogP contribution in [0.2, 0.25) is 0 Å². The summed E-state index contributed by atoms with van der Waals surface area (Å²) >= 11 is 0. The molecule has 1 amide bonds. The fraction of sp³-hybridized carbons (Fsp3) is 0.333. The molecule has 1 aliphatic rings. The smallest absolute Gasteiger partial charge is 0.243 e. The summed E-state index contributed by atoms with van der Waals surface area (Å²) in [7, 11) is -3.60. The third-order valence-electron chi connectivity index (χ3n) is 5.18. The van der Waals surface area contributed by atoms with E-state index in [-0.39, 0.29) is 17.3 Å². The van der Waals surface area contributed by atoms with Crippen LogP contribution in [-0.4, -0.2) is 36.7 Å². The summed E-state index contributed by atoms with van der Waals surface area (Å²) in [6.07, 6.45) is 1.29. The number of rotatable bonds is 5. The van der Waals surface area contributed by atoms with Gasteiger partial charge in [-0.2, -0.15) is 4.31 Å². The Morgan fingerprint density at radius 1 is 1.17 bits per heavy atom. The van der Waals surface area contributed by atoms with E-state index in [9.17, 15) is 13.2 Å². The van der Waals surface area contributed by atoms with Crippen LogP contribution in [0, 0.1) is 5.92 Å². The molecule has 1 aromatic heterocycles. The molecule has 0 spiro atoms. The summed E-state index contributed by atoms with van der Waals surface area (Å²) in [5, 5.41) is 2.92. The fourth-order valence-corrected chi connectivity index (χ4v) is 5.13. The summed E-state index contributed by atoms with van der Waals surface area (Å²) in [6.45, 7) is 2.40. The van der Waals surface area contributed by atoms with Gasteiger partial charge in [-0.15, -0.1) is 0 Å². The number of nitrogens with one attached hydrogen (secondary N) is 1. The second-order valence-corrected chi connectivity index (χ2v) is 9.20. The van der Waals surface area contributed by atoms with Gasteiger partial charge in [0, 0.05) is 13.1 Å². The first-order valence-corrected chi connectivity index (χ1v) is 11.1. The molecule has 2 atom stereocenters. The maximum absolute atomic E-state index is 12.9. The Morgan fingerprint density at radius 3 is 2.66 bits per heavy atom. The number of nitrogens with zero attached hydrogens (tertiary/aromatic N) is 2. The van der Waals surface area contributed by atoms with Gasteiger partial charge in [-0.05, 0) is 44.0 Å². The molecule has 0 radical (unpaired) electrons. The molecule has 152 valence electrons. The normalized spacial score (nSPS) is 19.1. The van der Waals surface area contributed by atoms with E-state index < -0.39 is 22.0 Å². The summed E-state index contributed by atoms with van der Waals surface area (Å²) in [5.41, 5.74) is 1.41. The summed E-state index contributed by atoms with van der Waals surface area (Å²) in [4.78, 5) is 17.5. The second kappa shape index (κ2) is 7.96. The minimum absolute atomic E-state index is 0.170. The van der Waals surface area contributed by atoms with E-state index in [4.69, 9.17) is 4.42 Å². The highest BCUT2D eigenvalue weighted by atomic mass is 32.2. The molecular weight excluding hydrogens is 390 g/mol. The number of oxazole rings is 1. The van der Waals surface area contributed by atoms with Crippen LogP contribution < -0.4 is 5.32 Å². The van der Waals surface area contributed by atoms with E-state index in [1.54, 1.807) is 30.3 Å². The zero-order valence-corrected chi connectivity index (χ0v) is 16.9. The summed E-state index contributed by atoms with van der Waals surface area (Å²) in [5.74, 6) is -0.161. The highest BCUT2D eigenvalue weighted by Gasteiger charge is 2.34. The van der Waals surface area contributed by atoms with Crippen molar-refractivity contribution in [2.24, 2.45) is 5.92 Å². The van der Waals surface area contributed by atoms with Crippen molar-refractivity contribution in [2.45, 2.75) is 30.7 Å². The predicted molar refractivity (Wildman–Crippen MR) is 108 cm³/mol. The van der Waals surface area contributed by atoms with Crippen molar-refractivity contribution < 1.29 is 17.6 Å². The average molecular weight is 413 g/mol. The lowest BCUT2D eigenvalue weighted by molar-refractivity contribution is -0.126. The molecule has 1 fully saturated rings. The standard InChI is InChI=1S/C21H23N3O4S/c1-15(21-23-18-11-5-6-12-19(18)28-21)22-20(25)16-8-7-13-24(14-16)29(26,27)17-9-3-2-4-10-17/h2-6,9-12,15-16H,7-8,13-14H2,1H3,(H,22,25). The van der Waals surface area contributed by atoms with E-state index in [1.165, 1.54) is 4.31 Å². The number of sulfonamides is 1. The van der Waals surface area contributed by atoms with Gasteiger partial charge in [0.05, 0.1) is 10.8 Å². The summed E-state index contributed by atoms with van der Waals surface area (Å²) < 4.78 is 32.9. The minimum Gasteiger partial charge on any atom is -0.438 e. The highest BCUT2D eigenvalue weighted by molar-refractivity contribution is 7.89. The third kappa shape index (κ3) is 4.04. The Morgan fingerprint density at radius 2 is 1.90 bits per heavy atom. The van der Waals surface area contributed by atoms with Crippen molar-refractivity contribution in [3.05, 3.63) is 60.5 Å². The fourth-order valence-electron chi connectivity index (χ4n) is 3.58. The number of benzene rings is 2. The van der Waals surface area contributed by atoms with E-state index in [2.05, 4.69) is 10.3 Å². The predicted octanol–water partition coefficient (Wildman–Crippen LogP) is 3.11. The topological polar surface area (TPSA) is 92.5 Å².